The van der Waals surface area contributed by atoms with Gasteiger partial charge in [0.25, 0.3) is 5.91 Å². The monoisotopic (exact) mass is 278 g/mol. The minimum atomic E-state index is -0.0722. The second-order valence-electron chi connectivity index (χ2n) is 5.01. The maximum absolute atomic E-state index is 11.8. The fraction of sp³-hybridized carbons (Fsp3) is 0.562. The molecule has 1 aromatic rings. The van der Waals surface area contributed by atoms with E-state index in [0.717, 1.165) is 36.4 Å². The van der Waals surface area contributed by atoms with Crippen LogP contribution in [0.4, 0.5) is 0 Å². The topological polar surface area (TPSA) is 50.4 Å². The predicted octanol–water partition coefficient (Wildman–Crippen LogP) is 2.40. The van der Waals surface area contributed by atoms with Gasteiger partial charge in [-0.05, 0) is 32.4 Å². The van der Waals surface area contributed by atoms with Gasteiger partial charge in [0.15, 0.2) is 6.61 Å². The highest BCUT2D eigenvalue weighted by Gasteiger charge is 2.10. The fourth-order valence-electron chi connectivity index (χ4n) is 1.87. The molecule has 1 amide bonds. The molecule has 1 atom stereocenters. The minimum Gasteiger partial charge on any atom is -0.483 e. The Kier molecular flexibility index (Phi) is 7.09. The van der Waals surface area contributed by atoms with E-state index >= 15 is 0 Å². The van der Waals surface area contributed by atoms with Crippen LogP contribution in [-0.4, -0.2) is 25.1 Å². The molecule has 0 fully saturated rings. The van der Waals surface area contributed by atoms with Crippen molar-refractivity contribution in [1.29, 1.82) is 0 Å². The second-order valence-corrected chi connectivity index (χ2v) is 5.01. The van der Waals surface area contributed by atoms with Gasteiger partial charge in [0.2, 0.25) is 0 Å². The molecule has 0 radical (unpaired) electrons. The third-order valence-electron chi connectivity index (χ3n) is 3.23. The van der Waals surface area contributed by atoms with Crippen molar-refractivity contribution >= 4 is 5.91 Å². The largest absolute Gasteiger partial charge is 0.483 e. The van der Waals surface area contributed by atoms with Crippen LogP contribution in [0.2, 0.25) is 0 Å². The van der Waals surface area contributed by atoms with E-state index in [1.165, 1.54) is 0 Å². The Bertz CT molecular complexity index is 432. The number of rotatable bonds is 8. The molecule has 0 aliphatic rings. The average molecular weight is 278 g/mol. The first-order valence-corrected chi connectivity index (χ1v) is 7.29. The summed E-state index contributed by atoms with van der Waals surface area (Å²) in [5.41, 5.74) is 2.14. The lowest BCUT2D eigenvalue weighted by Gasteiger charge is -2.16. The Morgan fingerprint density at radius 3 is 2.75 bits per heavy atom. The molecule has 0 aromatic heterocycles. The van der Waals surface area contributed by atoms with E-state index in [-0.39, 0.29) is 18.6 Å². The zero-order valence-corrected chi connectivity index (χ0v) is 13.0. The smallest absolute Gasteiger partial charge is 0.258 e. The van der Waals surface area contributed by atoms with Gasteiger partial charge in [-0.2, -0.15) is 0 Å². The zero-order chi connectivity index (χ0) is 15.0. The van der Waals surface area contributed by atoms with Crippen molar-refractivity contribution in [2.45, 2.75) is 46.7 Å². The summed E-state index contributed by atoms with van der Waals surface area (Å²) in [6.45, 7) is 9.81. The van der Waals surface area contributed by atoms with Crippen molar-refractivity contribution in [1.82, 2.24) is 10.6 Å². The van der Waals surface area contributed by atoms with Crippen LogP contribution < -0.4 is 15.4 Å². The predicted molar refractivity (Wildman–Crippen MR) is 82.0 cm³/mol. The Hall–Kier alpha value is -1.55. The zero-order valence-electron chi connectivity index (χ0n) is 13.0. The van der Waals surface area contributed by atoms with Gasteiger partial charge in [0.05, 0.1) is 0 Å². The number of carbonyl (C=O) groups is 1. The molecule has 0 saturated carbocycles. The Balaban J connectivity index is 2.64. The van der Waals surface area contributed by atoms with Crippen molar-refractivity contribution < 1.29 is 9.53 Å². The first kappa shape index (κ1) is 16.5. The lowest BCUT2D eigenvalue weighted by atomic mass is 10.1. The molecule has 1 unspecified atom stereocenters. The summed E-state index contributed by atoms with van der Waals surface area (Å²) in [6, 6.07) is 6.22. The summed E-state index contributed by atoms with van der Waals surface area (Å²) >= 11 is 0. The van der Waals surface area contributed by atoms with Crippen LogP contribution >= 0.6 is 0 Å². The van der Waals surface area contributed by atoms with Gasteiger partial charge in [-0.25, -0.2) is 0 Å². The molecule has 0 heterocycles. The lowest BCUT2D eigenvalue weighted by molar-refractivity contribution is -0.123. The molecule has 0 saturated heterocycles. The second kappa shape index (κ2) is 8.59. The number of benzene rings is 1. The summed E-state index contributed by atoms with van der Waals surface area (Å²) in [5, 5.41) is 6.18. The number of amides is 1. The van der Waals surface area contributed by atoms with Crippen molar-refractivity contribution in [2.24, 2.45) is 0 Å². The summed E-state index contributed by atoms with van der Waals surface area (Å²) in [6.07, 6.45) is 0.918. The Labute approximate surface area is 121 Å². The first-order valence-electron chi connectivity index (χ1n) is 7.29. The van der Waals surface area contributed by atoms with Crippen molar-refractivity contribution in [3.63, 3.8) is 0 Å². The standard InChI is InChI=1S/C16H26N2O2/c1-5-13(4)18-15(19)11-20-16-12(3)8-7-9-14(16)10-17-6-2/h7-9,13,17H,5-6,10-11H2,1-4H3,(H,18,19). The number of para-hydroxylation sites is 1. The number of hydrogen-bond donors (Lipinski definition) is 2. The number of hydrogen-bond acceptors (Lipinski definition) is 3. The van der Waals surface area contributed by atoms with Gasteiger partial charge in [0, 0.05) is 18.2 Å². The van der Waals surface area contributed by atoms with E-state index in [9.17, 15) is 4.79 Å². The van der Waals surface area contributed by atoms with Crippen LogP contribution in [0.25, 0.3) is 0 Å². The van der Waals surface area contributed by atoms with Crippen LogP contribution in [0.1, 0.15) is 38.3 Å². The average Bonchev–Trinajstić information content (AvgIpc) is 2.43. The molecule has 0 bridgehead atoms. The van der Waals surface area contributed by atoms with Crippen LogP contribution in [-0.2, 0) is 11.3 Å². The molecule has 1 rings (SSSR count). The van der Waals surface area contributed by atoms with E-state index < -0.39 is 0 Å². The number of ether oxygens (including phenoxy) is 1. The third kappa shape index (κ3) is 5.21. The molecule has 2 N–H and O–H groups in total. The highest BCUT2D eigenvalue weighted by Crippen LogP contribution is 2.23. The molecule has 0 aliphatic carbocycles. The van der Waals surface area contributed by atoms with E-state index in [2.05, 4.69) is 17.6 Å². The molecule has 4 heteroatoms. The number of nitrogens with one attached hydrogen (secondary N) is 2. The van der Waals surface area contributed by atoms with Crippen molar-refractivity contribution in [3.05, 3.63) is 29.3 Å². The third-order valence-corrected chi connectivity index (χ3v) is 3.23. The maximum Gasteiger partial charge on any atom is 0.258 e. The Morgan fingerprint density at radius 2 is 2.10 bits per heavy atom. The molecule has 1 aromatic carbocycles. The van der Waals surface area contributed by atoms with Gasteiger partial charge in [-0.1, -0.05) is 32.0 Å². The molecular weight excluding hydrogens is 252 g/mol. The van der Waals surface area contributed by atoms with Crippen molar-refractivity contribution in [2.75, 3.05) is 13.2 Å². The first-order chi connectivity index (χ1) is 9.58. The van der Waals surface area contributed by atoms with Gasteiger partial charge in [-0.15, -0.1) is 0 Å². The van der Waals surface area contributed by atoms with E-state index in [4.69, 9.17) is 4.74 Å². The van der Waals surface area contributed by atoms with Gasteiger partial charge in [-0.3, -0.25) is 4.79 Å². The molecular formula is C16H26N2O2. The SMILES string of the molecule is CCNCc1cccc(C)c1OCC(=O)NC(C)CC. The van der Waals surface area contributed by atoms with Gasteiger partial charge in [0.1, 0.15) is 5.75 Å². The van der Waals surface area contributed by atoms with Gasteiger partial charge >= 0.3 is 0 Å². The fourth-order valence-corrected chi connectivity index (χ4v) is 1.87. The number of carbonyl (C=O) groups excluding carboxylic acids is 1. The number of aryl methyl sites for hydroxylation is 1. The molecule has 20 heavy (non-hydrogen) atoms. The van der Waals surface area contributed by atoms with Crippen LogP contribution in [0.3, 0.4) is 0 Å². The summed E-state index contributed by atoms with van der Waals surface area (Å²) in [5.74, 6) is 0.741. The van der Waals surface area contributed by atoms with Gasteiger partial charge < -0.3 is 15.4 Å². The van der Waals surface area contributed by atoms with Crippen LogP contribution in [0.5, 0.6) is 5.75 Å². The normalized spacial score (nSPS) is 12.0. The summed E-state index contributed by atoms with van der Waals surface area (Å²) in [7, 11) is 0. The van der Waals surface area contributed by atoms with Crippen LogP contribution in [0.15, 0.2) is 18.2 Å². The van der Waals surface area contributed by atoms with Crippen molar-refractivity contribution in [3.8, 4) is 5.75 Å². The highest BCUT2D eigenvalue weighted by molar-refractivity contribution is 5.77. The summed E-state index contributed by atoms with van der Waals surface area (Å²) in [4.78, 5) is 11.8. The Morgan fingerprint density at radius 1 is 1.35 bits per heavy atom. The van der Waals surface area contributed by atoms with E-state index in [0.29, 0.717) is 0 Å². The van der Waals surface area contributed by atoms with E-state index in [1.807, 2.05) is 39.0 Å². The molecule has 0 spiro atoms. The molecule has 4 nitrogen and oxygen atoms in total. The van der Waals surface area contributed by atoms with E-state index in [1.54, 1.807) is 0 Å². The maximum atomic E-state index is 11.8. The van der Waals surface area contributed by atoms with Crippen LogP contribution in [0, 0.1) is 6.92 Å². The molecule has 112 valence electrons. The summed E-state index contributed by atoms with van der Waals surface area (Å²) < 4.78 is 5.72. The molecule has 0 aliphatic heterocycles. The quantitative estimate of drug-likeness (QED) is 0.767. The lowest BCUT2D eigenvalue weighted by Crippen LogP contribution is -2.35. The highest BCUT2D eigenvalue weighted by atomic mass is 16.5. The minimum absolute atomic E-state index is 0.0638.